The summed E-state index contributed by atoms with van der Waals surface area (Å²) in [5, 5.41) is 5.64. The first-order valence-electron chi connectivity index (χ1n) is 9.42. The van der Waals surface area contributed by atoms with Gasteiger partial charge in [-0.2, -0.15) is 0 Å². The third kappa shape index (κ3) is 6.04. The topological polar surface area (TPSA) is 95.6 Å². The van der Waals surface area contributed by atoms with E-state index in [1.807, 2.05) is 20.8 Å². The molecule has 1 atom stereocenters. The Bertz CT molecular complexity index is 777. The molecular weight excluding hydrogens is 366 g/mol. The molecule has 0 unspecified atom stereocenters. The first-order valence-corrected chi connectivity index (χ1v) is 11.0. The van der Waals surface area contributed by atoms with E-state index in [2.05, 4.69) is 10.6 Å². The lowest BCUT2D eigenvalue weighted by Gasteiger charge is -2.31. The van der Waals surface area contributed by atoms with Crippen molar-refractivity contribution in [3.63, 3.8) is 0 Å². The molecule has 0 saturated carbocycles. The zero-order chi connectivity index (χ0) is 20.0. The lowest BCUT2D eigenvalue weighted by atomic mass is 9.98. The maximum absolute atomic E-state index is 12.6. The van der Waals surface area contributed by atoms with E-state index in [1.165, 1.54) is 4.31 Å². The monoisotopic (exact) mass is 395 g/mol. The highest BCUT2D eigenvalue weighted by Gasteiger charge is 2.31. The summed E-state index contributed by atoms with van der Waals surface area (Å²) in [6.45, 7) is 6.27. The van der Waals surface area contributed by atoms with Crippen LogP contribution in [0.1, 0.15) is 50.4 Å². The van der Waals surface area contributed by atoms with Crippen LogP contribution >= 0.6 is 0 Å². The summed E-state index contributed by atoms with van der Waals surface area (Å²) in [6.07, 6.45) is 1.87. The van der Waals surface area contributed by atoms with Crippen molar-refractivity contribution in [1.29, 1.82) is 0 Å². The number of amides is 2. The predicted octanol–water partition coefficient (Wildman–Crippen LogP) is 2.22. The summed E-state index contributed by atoms with van der Waals surface area (Å²) in [7, 11) is -3.30. The number of hydrogen-bond donors (Lipinski definition) is 2. The van der Waals surface area contributed by atoms with Gasteiger partial charge in [0.1, 0.15) is 0 Å². The zero-order valence-corrected chi connectivity index (χ0v) is 17.0. The van der Waals surface area contributed by atoms with Crippen molar-refractivity contribution in [2.45, 2.75) is 46.1 Å². The molecule has 0 radical (unpaired) electrons. The predicted molar refractivity (Wildman–Crippen MR) is 106 cm³/mol. The van der Waals surface area contributed by atoms with E-state index in [9.17, 15) is 18.0 Å². The van der Waals surface area contributed by atoms with E-state index in [0.29, 0.717) is 37.1 Å². The smallest absolute Gasteiger partial charge is 0.251 e. The van der Waals surface area contributed by atoms with Crippen molar-refractivity contribution in [3.8, 4) is 0 Å². The molecule has 0 spiro atoms. The molecule has 1 saturated heterocycles. The first kappa shape index (κ1) is 21.4. The number of hydrogen-bond acceptors (Lipinski definition) is 4. The maximum Gasteiger partial charge on any atom is 0.251 e. The molecule has 0 aromatic heterocycles. The Kier molecular flexibility index (Phi) is 7.38. The lowest BCUT2D eigenvalue weighted by molar-refractivity contribution is -0.120. The summed E-state index contributed by atoms with van der Waals surface area (Å²) in [4.78, 5) is 24.7. The molecule has 8 heteroatoms. The second-order valence-corrected chi connectivity index (χ2v) is 9.30. The van der Waals surface area contributed by atoms with Crippen LogP contribution in [0.4, 0.5) is 5.69 Å². The number of rotatable bonds is 7. The maximum atomic E-state index is 12.6. The van der Waals surface area contributed by atoms with E-state index >= 15 is 0 Å². The van der Waals surface area contributed by atoms with Crippen LogP contribution in [0.5, 0.6) is 0 Å². The van der Waals surface area contributed by atoms with E-state index < -0.39 is 15.9 Å². The van der Waals surface area contributed by atoms with Crippen LogP contribution in [0, 0.1) is 5.92 Å². The quantitative estimate of drug-likeness (QED) is 0.740. The summed E-state index contributed by atoms with van der Waals surface area (Å²) in [6, 6.07) is 6.77. The lowest BCUT2D eigenvalue weighted by Crippen LogP contribution is -2.44. The molecule has 1 aromatic carbocycles. The van der Waals surface area contributed by atoms with Crippen LogP contribution in [-0.2, 0) is 14.8 Å². The normalized spacial score (nSPS) is 18.3. The minimum atomic E-state index is -3.30. The number of sulfonamides is 1. The number of nitrogens with one attached hydrogen (secondary N) is 2. The third-order valence-electron chi connectivity index (χ3n) is 4.42. The molecule has 2 amide bonds. The summed E-state index contributed by atoms with van der Waals surface area (Å²) >= 11 is 0. The Hall–Kier alpha value is -1.93. The average molecular weight is 396 g/mol. The molecular formula is C19H29N3O4S. The van der Waals surface area contributed by atoms with Crippen molar-refractivity contribution < 1.29 is 18.0 Å². The van der Waals surface area contributed by atoms with Crippen molar-refractivity contribution in [2.75, 3.05) is 24.2 Å². The number of carbonyl (C=O) groups is 2. The molecule has 1 fully saturated rings. The van der Waals surface area contributed by atoms with Gasteiger partial charge >= 0.3 is 0 Å². The fraction of sp³-hybridized carbons (Fsp3) is 0.579. The Morgan fingerprint density at radius 1 is 1.30 bits per heavy atom. The minimum absolute atomic E-state index is 0.0223. The highest BCUT2D eigenvalue weighted by molar-refractivity contribution is 7.89. The van der Waals surface area contributed by atoms with Gasteiger partial charge in [-0.05, 0) is 51.3 Å². The molecule has 2 rings (SSSR count). The summed E-state index contributed by atoms with van der Waals surface area (Å²) in [5.74, 6) is -0.698. The third-order valence-corrected chi connectivity index (χ3v) is 6.47. The number of anilines is 1. The van der Waals surface area contributed by atoms with E-state index in [1.54, 1.807) is 24.3 Å². The Morgan fingerprint density at radius 3 is 2.70 bits per heavy atom. The fourth-order valence-corrected chi connectivity index (χ4v) is 4.71. The van der Waals surface area contributed by atoms with Gasteiger partial charge in [-0.1, -0.05) is 13.0 Å². The van der Waals surface area contributed by atoms with Crippen LogP contribution in [-0.4, -0.2) is 49.4 Å². The van der Waals surface area contributed by atoms with E-state index in [0.717, 1.165) is 0 Å². The van der Waals surface area contributed by atoms with Crippen LogP contribution in [0.3, 0.4) is 0 Å². The summed E-state index contributed by atoms with van der Waals surface area (Å²) < 4.78 is 26.0. The molecule has 27 heavy (non-hydrogen) atoms. The molecule has 1 aliphatic rings. The first-order chi connectivity index (χ1) is 12.7. The summed E-state index contributed by atoms with van der Waals surface area (Å²) in [5.41, 5.74) is 1.00. The molecule has 2 N–H and O–H groups in total. The Balaban J connectivity index is 2.03. The van der Waals surface area contributed by atoms with Gasteiger partial charge in [-0.3, -0.25) is 9.59 Å². The van der Waals surface area contributed by atoms with Gasteiger partial charge in [0.05, 0.1) is 11.7 Å². The van der Waals surface area contributed by atoms with Gasteiger partial charge in [-0.15, -0.1) is 0 Å². The SMILES string of the molecule is CCCS(=O)(=O)N1CCC[C@H](C(=O)Nc2cccc(C(=O)NC(C)C)c2)C1. The van der Waals surface area contributed by atoms with E-state index in [-0.39, 0.29) is 30.2 Å². The van der Waals surface area contributed by atoms with Crippen LogP contribution in [0.15, 0.2) is 24.3 Å². The minimum Gasteiger partial charge on any atom is -0.350 e. The van der Waals surface area contributed by atoms with E-state index in [4.69, 9.17) is 0 Å². The van der Waals surface area contributed by atoms with Gasteiger partial charge in [0.15, 0.2) is 0 Å². The number of carbonyl (C=O) groups excluding carboxylic acids is 2. The van der Waals surface area contributed by atoms with Crippen molar-refractivity contribution in [3.05, 3.63) is 29.8 Å². The van der Waals surface area contributed by atoms with Gasteiger partial charge < -0.3 is 10.6 Å². The van der Waals surface area contributed by atoms with Gasteiger partial charge in [0.25, 0.3) is 5.91 Å². The Morgan fingerprint density at radius 2 is 2.04 bits per heavy atom. The molecule has 0 bridgehead atoms. The van der Waals surface area contributed by atoms with Gasteiger partial charge in [0, 0.05) is 30.4 Å². The van der Waals surface area contributed by atoms with Crippen LogP contribution in [0.2, 0.25) is 0 Å². The molecule has 1 aromatic rings. The second kappa shape index (κ2) is 9.32. The number of benzene rings is 1. The standard InChI is InChI=1S/C19H29N3O4S/c1-4-11-27(25,26)22-10-6-8-16(13-22)19(24)21-17-9-5-7-15(12-17)18(23)20-14(2)3/h5,7,9,12,14,16H,4,6,8,10-11,13H2,1-3H3,(H,20,23)(H,21,24)/t16-/m0/s1. The highest BCUT2D eigenvalue weighted by Crippen LogP contribution is 2.22. The van der Waals surface area contributed by atoms with Crippen molar-refractivity contribution in [1.82, 2.24) is 9.62 Å². The van der Waals surface area contributed by atoms with Crippen LogP contribution < -0.4 is 10.6 Å². The largest absolute Gasteiger partial charge is 0.350 e. The molecule has 150 valence electrons. The molecule has 1 aliphatic heterocycles. The molecule has 7 nitrogen and oxygen atoms in total. The number of piperidine rings is 1. The average Bonchev–Trinajstić information content (AvgIpc) is 2.61. The second-order valence-electron chi connectivity index (χ2n) is 7.21. The fourth-order valence-electron chi connectivity index (χ4n) is 3.12. The molecule has 1 heterocycles. The molecule has 0 aliphatic carbocycles. The highest BCUT2D eigenvalue weighted by atomic mass is 32.2. The Labute approximate surface area is 161 Å². The van der Waals surface area contributed by atoms with Crippen LogP contribution in [0.25, 0.3) is 0 Å². The van der Waals surface area contributed by atoms with Gasteiger partial charge in [0.2, 0.25) is 15.9 Å². The van der Waals surface area contributed by atoms with Crippen molar-refractivity contribution in [2.24, 2.45) is 5.92 Å². The zero-order valence-electron chi connectivity index (χ0n) is 16.2. The van der Waals surface area contributed by atoms with Crippen molar-refractivity contribution >= 4 is 27.5 Å². The van der Waals surface area contributed by atoms with Gasteiger partial charge in [-0.25, -0.2) is 12.7 Å². The number of nitrogens with zero attached hydrogens (tertiary/aromatic N) is 1.